The first-order valence-electron chi connectivity index (χ1n) is 6.20. The molecule has 2 aromatic carbocycles. The summed E-state index contributed by atoms with van der Waals surface area (Å²) in [5, 5.41) is 1.95. The van der Waals surface area contributed by atoms with Crippen molar-refractivity contribution in [3.63, 3.8) is 0 Å². The second-order valence-electron chi connectivity index (χ2n) is 4.64. The smallest absolute Gasteiger partial charge is 0.0413 e. The zero-order valence-corrected chi connectivity index (χ0v) is 12.1. The Morgan fingerprint density at radius 2 is 1.84 bits per heavy atom. The Balaban J connectivity index is 2.36. The van der Waals surface area contributed by atoms with Gasteiger partial charge in [-0.15, -0.1) is 11.3 Å². The van der Waals surface area contributed by atoms with Gasteiger partial charge in [0, 0.05) is 31.6 Å². The van der Waals surface area contributed by atoms with Crippen molar-refractivity contribution in [3.05, 3.63) is 58.4 Å². The Bertz CT molecular complexity index is 716. The van der Waals surface area contributed by atoms with E-state index in [1.54, 1.807) is 11.3 Å². The van der Waals surface area contributed by atoms with Crippen molar-refractivity contribution in [1.82, 2.24) is 0 Å². The molecule has 0 aliphatic heterocycles. The Kier molecular flexibility index (Phi) is 3.31. The Morgan fingerprint density at radius 1 is 1.11 bits per heavy atom. The topological polar surface area (TPSA) is 26.0 Å². The van der Waals surface area contributed by atoms with Gasteiger partial charge >= 0.3 is 0 Å². The van der Waals surface area contributed by atoms with Gasteiger partial charge in [0.1, 0.15) is 0 Å². The predicted molar refractivity (Wildman–Crippen MR) is 84.9 cm³/mol. The van der Waals surface area contributed by atoms with Gasteiger partial charge in [0.15, 0.2) is 0 Å². The van der Waals surface area contributed by atoms with Gasteiger partial charge in [-0.25, -0.2) is 0 Å². The molecule has 0 bridgehead atoms. The largest absolute Gasteiger partial charge is 0.323 e. The second kappa shape index (κ2) is 4.97. The summed E-state index contributed by atoms with van der Waals surface area (Å²) in [6.07, 6.45) is 0. The molecule has 1 aromatic heterocycles. The lowest BCUT2D eigenvalue weighted by molar-refractivity contribution is 0.841. The molecule has 3 aromatic rings. The number of nitrogens with two attached hydrogens (primary N) is 1. The predicted octanol–water partition coefficient (Wildman–Crippen LogP) is 5.24. The summed E-state index contributed by atoms with van der Waals surface area (Å²) in [4.78, 5) is 1.21. The highest BCUT2D eigenvalue weighted by Crippen LogP contribution is 2.42. The van der Waals surface area contributed by atoms with Crippen LogP contribution in [-0.2, 0) is 0 Å². The molecule has 0 spiro atoms. The van der Waals surface area contributed by atoms with Crippen LogP contribution in [0, 0.1) is 0 Å². The van der Waals surface area contributed by atoms with E-state index in [0.717, 1.165) is 5.02 Å². The molecular formula is C16H14ClNS. The molecule has 3 rings (SSSR count). The van der Waals surface area contributed by atoms with Crippen molar-refractivity contribution >= 4 is 33.0 Å². The number of hydrogen-bond acceptors (Lipinski definition) is 2. The summed E-state index contributed by atoms with van der Waals surface area (Å²) in [5.74, 6) is 0. The minimum Gasteiger partial charge on any atom is -0.323 e. The monoisotopic (exact) mass is 287 g/mol. The molecule has 1 unspecified atom stereocenters. The summed E-state index contributed by atoms with van der Waals surface area (Å²) in [5.41, 5.74) is 8.55. The van der Waals surface area contributed by atoms with Gasteiger partial charge < -0.3 is 5.73 Å². The van der Waals surface area contributed by atoms with Crippen molar-refractivity contribution in [2.75, 3.05) is 0 Å². The number of fused-ring (bicyclic) bond motifs is 1. The maximum atomic E-state index is 6.14. The second-order valence-corrected chi connectivity index (χ2v) is 6.16. The summed E-state index contributed by atoms with van der Waals surface area (Å²) in [6, 6.07) is 16.4. The van der Waals surface area contributed by atoms with Crippen molar-refractivity contribution in [2.24, 2.45) is 5.73 Å². The fourth-order valence-corrected chi connectivity index (χ4v) is 3.64. The van der Waals surface area contributed by atoms with Crippen LogP contribution in [0.2, 0.25) is 5.02 Å². The maximum absolute atomic E-state index is 6.14. The van der Waals surface area contributed by atoms with Gasteiger partial charge in [0.25, 0.3) is 0 Å². The van der Waals surface area contributed by atoms with Gasteiger partial charge in [0.2, 0.25) is 0 Å². The minimum absolute atomic E-state index is 0.0198. The van der Waals surface area contributed by atoms with E-state index in [1.165, 1.54) is 26.1 Å². The molecule has 0 radical (unpaired) electrons. The number of hydrogen-bond donors (Lipinski definition) is 1. The highest BCUT2D eigenvalue weighted by Gasteiger charge is 2.16. The zero-order valence-electron chi connectivity index (χ0n) is 10.6. The minimum atomic E-state index is 0.0198. The van der Waals surface area contributed by atoms with E-state index in [0.29, 0.717) is 0 Å². The lowest BCUT2D eigenvalue weighted by Crippen LogP contribution is -2.03. The van der Waals surface area contributed by atoms with Gasteiger partial charge in [-0.05, 0) is 30.7 Å². The third-order valence-electron chi connectivity index (χ3n) is 3.15. The van der Waals surface area contributed by atoms with E-state index in [9.17, 15) is 0 Å². The molecule has 2 N–H and O–H groups in total. The molecule has 96 valence electrons. The quantitative estimate of drug-likeness (QED) is 0.685. The molecule has 0 saturated heterocycles. The first-order chi connectivity index (χ1) is 9.16. The van der Waals surface area contributed by atoms with Crippen LogP contribution in [0.5, 0.6) is 0 Å². The number of benzene rings is 2. The lowest BCUT2D eigenvalue weighted by atomic mass is 10.00. The van der Waals surface area contributed by atoms with Crippen LogP contribution in [0.15, 0.2) is 48.5 Å². The molecule has 0 aliphatic carbocycles. The SMILES string of the molecule is CC(N)c1sc2ccc(Cl)cc2c1-c1ccccc1. The average molecular weight is 288 g/mol. The number of halogens is 1. The Hall–Kier alpha value is -1.35. The molecule has 0 aliphatic rings. The van der Waals surface area contributed by atoms with E-state index < -0.39 is 0 Å². The van der Waals surface area contributed by atoms with Crippen molar-refractivity contribution in [1.29, 1.82) is 0 Å². The molecular weight excluding hydrogens is 274 g/mol. The Morgan fingerprint density at radius 3 is 2.53 bits per heavy atom. The van der Waals surface area contributed by atoms with E-state index in [1.807, 2.05) is 37.3 Å². The fourth-order valence-electron chi connectivity index (χ4n) is 2.31. The number of thiophene rings is 1. The third kappa shape index (κ3) is 2.27. The van der Waals surface area contributed by atoms with Gasteiger partial charge in [-0.3, -0.25) is 0 Å². The summed E-state index contributed by atoms with van der Waals surface area (Å²) in [6.45, 7) is 2.03. The van der Waals surface area contributed by atoms with Gasteiger partial charge in [-0.1, -0.05) is 41.9 Å². The molecule has 1 atom stereocenters. The highest BCUT2D eigenvalue weighted by atomic mass is 35.5. The molecule has 3 heteroatoms. The van der Waals surface area contributed by atoms with Gasteiger partial charge in [-0.2, -0.15) is 0 Å². The molecule has 0 fully saturated rings. The molecule has 0 amide bonds. The van der Waals surface area contributed by atoms with Crippen LogP contribution < -0.4 is 5.73 Å². The summed E-state index contributed by atoms with van der Waals surface area (Å²) >= 11 is 7.89. The average Bonchev–Trinajstić information content (AvgIpc) is 2.78. The van der Waals surface area contributed by atoms with Crippen molar-refractivity contribution in [3.8, 4) is 11.1 Å². The molecule has 0 saturated carbocycles. The molecule has 19 heavy (non-hydrogen) atoms. The first-order valence-corrected chi connectivity index (χ1v) is 7.39. The van der Waals surface area contributed by atoms with Crippen LogP contribution in [0.25, 0.3) is 21.2 Å². The van der Waals surface area contributed by atoms with E-state index in [-0.39, 0.29) is 6.04 Å². The zero-order chi connectivity index (χ0) is 13.4. The van der Waals surface area contributed by atoms with Crippen LogP contribution in [0.4, 0.5) is 0 Å². The standard InChI is InChI=1S/C16H14ClNS/c1-10(18)16-15(11-5-3-2-4-6-11)13-9-12(17)7-8-14(13)19-16/h2-10H,18H2,1H3. The van der Waals surface area contributed by atoms with E-state index in [2.05, 4.69) is 18.2 Å². The van der Waals surface area contributed by atoms with Crippen LogP contribution >= 0.6 is 22.9 Å². The van der Waals surface area contributed by atoms with E-state index >= 15 is 0 Å². The van der Waals surface area contributed by atoms with Crippen molar-refractivity contribution in [2.45, 2.75) is 13.0 Å². The van der Waals surface area contributed by atoms with Crippen molar-refractivity contribution < 1.29 is 0 Å². The fraction of sp³-hybridized carbons (Fsp3) is 0.125. The normalized spacial score (nSPS) is 12.8. The summed E-state index contributed by atoms with van der Waals surface area (Å²) in [7, 11) is 0. The lowest BCUT2D eigenvalue weighted by Gasteiger charge is -2.08. The molecule has 1 heterocycles. The van der Waals surface area contributed by atoms with Crippen LogP contribution in [-0.4, -0.2) is 0 Å². The van der Waals surface area contributed by atoms with Gasteiger partial charge in [0.05, 0.1) is 0 Å². The first kappa shape index (κ1) is 12.7. The number of rotatable bonds is 2. The van der Waals surface area contributed by atoms with E-state index in [4.69, 9.17) is 17.3 Å². The summed E-state index contributed by atoms with van der Waals surface area (Å²) < 4.78 is 1.23. The third-order valence-corrected chi connectivity index (χ3v) is 4.76. The van der Waals surface area contributed by atoms with Crippen LogP contribution in [0.3, 0.4) is 0 Å². The maximum Gasteiger partial charge on any atom is 0.0413 e. The highest BCUT2D eigenvalue weighted by molar-refractivity contribution is 7.19. The Labute approximate surface area is 121 Å². The van der Waals surface area contributed by atoms with Crippen LogP contribution in [0.1, 0.15) is 17.8 Å². The molecule has 1 nitrogen and oxygen atoms in total.